The molecule has 5 nitrogen and oxygen atoms in total. The van der Waals surface area contributed by atoms with Gasteiger partial charge in [-0.3, -0.25) is 9.79 Å². The summed E-state index contributed by atoms with van der Waals surface area (Å²) in [6.45, 7) is 0.898. The molecule has 0 aromatic heterocycles. The van der Waals surface area contributed by atoms with Crippen LogP contribution in [0.5, 0.6) is 0 Å². The molecule has 1 saturated carbocycles. The first-order chi connectivity index (χ1) is 8.63. The molecule has 3 atom stereocenters. The maximum absolute atomic E-state index is 12.0. The lowest BCUT2D eigenvalue weighted by Gasteiger charge is -2.33. The summed E-state index contributed by atoms with van der Waals surface area (Å²) in [7, 11) is 0. The highest BCUT2D eigenvalue weighted by Gasteiger charge is 2.67. The van der Waals surface area contributed by atoms with Crippen LogP contribution in [0.1, 0.15) is 12.8 Å². The van der Waals surface area contributed by atoms with E-state index >= 15 is 0 Å². The SMILES string of the molecule is O=C(O)C1=CN=C2C(=O)C=C3NCC4CC34C2C1. The summed E-state index contributed by atoms with van der Waals surface area (Å²) >= 11 is 0. The molecule has 2 fully saturated rings. The zero-order chi connectivity index (χ0) is 12.5. The first-order valence-electron chi connectivity index (χ1n) is 6.13. The van der Waals surface area contributed by atoms with Gasteiger partial charge in [0, 0.05) is 35.9 Å². The van der Waals surface area contributed by atoms with Gasteiger partial charge in [-0.2, -0.15) is 0 Å². The molecule has 2 aliphatic carbocycles. The van der Waals surface area contributed by atoms with Crippen LogP contribution < -0.4 is 5.32 Å². The van der Waals surface area contributed by atoms with Gasteiger partial charge in [0.15, 0.2) is 0 Å². The Morgan fingerprint density at radius 3 is 3.11 bits per heavy atom. The van der Waals surface area contributed by atoms with Gasteiger partial charge in [-0.15, -0.1) is 0 Å². The molecule has 92 valence electrons. The van der Waals surface area contributed by atoms with E-state index in [1.165, 1.54) is 6.20 Å². The summed E-state index contributed by atoms with van der Waals surface area (Å²) in [5.74, 6) is -0.497. The summed E-state index contributed by atoms with van der Waals surface area (Å²) in [6, 6.07) is 0. The number of carboxylic acid groups (broad SMARTS) is 1. The average Bonchev–Trinajstić information content (AvgIpc) is 2.98. The quantitative estimate of drug-likeness (QED) is 0.703. The largest absolute Gasteiger partial charge is 0.478 e. The van der Waals surface area contributed by atoms with E-state index < -0.39 is 5.97 Å². The standard InChI is InChI=1S/C13H12N2O3/c16-9-2-10-13(3-7(13)5-14-10)8-1-6(12(17)18)4-15-11(8)9/h2,4,7-8,14H,1,3,5H2,(H,17,18). The van der Waals surface area contributed by atoms with Crippen LogP contribution in [0.15, 0.2) is 28.5 Å². The predicted molar refractivity (Wildman–Crippen MR) is 62.9 cm³/mol. The zero-order valence-corrected chi connectivity index (χ0v) is 9.64. The van der Waals surface area contributed by atoms with Gasteiger partial charge in [0.05, 0.1) is 11.3 Å². The maximum Gasteiger partial charge on any atom is 0.333 e. The lowest BCUT2D eigenvalue weighted by Crippen LogP contribution is -2.39. The number of carboxylic acids is 1. The molecule has 0 aromatic rings. The summed E-state index contributed by atoms with van der Waals surface area (Å²) in [5, 5.41) is 12.4. The normalized spacial score (nSPS) is 39.6. The summed E-state index contributed by atoms with van der Waals surface area (Å²) in [6.07, 6.45) is 4.47. The number of piperidine rings is 1. The number of allylic oxidation sites excluding steroid dienone is 2. The number of nitrogens with zero attached hydrogens (tertiary/aromatic N) is 1. The zero-order valence-electron chi connectivity index (χ0n) is 9.64. The Kier molecular flexibility index (Phi) is 1.62. The average molecular weight is 244 g/mol. The molecule has 0 amide bonds. The Hall–Kier alpha value is -1.91. The number of carbonyl (C=O) groups is 2. The Bertz CT molecular complexity index is 587. The maximum atomic E-state index is 12.0. The second-order valence-corrected chi connectivity index (χ2v) is 5.48. The highest BCUT2D eigenvalue weighted by atomic mass is 16.4. The highest BCUT2D eigenvalue weighted by molar-refractivity contribution is 6.46. The fourth-order valence-electron chi connectivity index (χ4n) is 3.75. The van der Waals surface area contributed by atoms with Crippen LogP contribution >= 0.6 is 0 Å². The fourth-order valence-corrected chi connectivity index (χ4v) is 3.75. The Labute approximate surface area is 103 Å². The molecule has 1 saturated heterocycles. The van der Waals surface area contributed by atoms with Crippen molar-refractivity contribution in [1.82, 2.24) is 5.32 Å². The smallest absolute Gasteiger partial charge is 0.333 e. The molecule has 0 radical (unpaired) electrons. The number of carbonyl (C=O) groups excluding carboxylic acids is 1. The van der Waals surface area contributed by atoms with Crippen molar-refractivity contribution in [1.29, 1.82) is 0 Å². The van der Waals surface area contributed by atoms with Crippen LogP contribution in [0.4, 0.5) is 0 Å². The van der Waals surface area contributed by atoms with Crippen molar-refractivity contribution in [3.63, 3.8) is 0 Å². The summed E-state index contributed by atoms with van der Waals surface area (Å²) < 4.78 is 0. The molecule has 0 aromatic carbocycles. The minimum absolute atomic E-state index is 0.0122. The topological polar surface area (TPSA) is 78.8 Å². The van der Waals surface area contributed by atoms with Gasteiger partial charge < -0.3 is 10.4 Å². The van der Waals surface area contributed by atoms with Gasteiger partial charge in [-0.05, 0) is 18.8 Å². The number of rotatable bonds is 1. The van der Waals surface area contributed by atoms with Crippen LogP contribution in [0.25, 0.3) is 0 Å². The molecular formula is C13H12N2O3. The van der Waals surface area contributed by atoms with Crippen molar-refractivity contribution in [2.24, 2.45) is 22.2 Å². The first-order valence-corrected chi connectivity index (χ1v) is 6.13. The van der Waals surface area contributed by atoms with Crippen molar-refractivity contribution in [2.75, 3.05) is 6.54 Å². The molecule has 1 spiro atoms. The van der Waals surface area contributed by atoms with Gasteiger partial charge in [-0.25, -0.2) is 4.79 Å². The van der Waals surface area contributed by atoms with E-state index in [4.69, 9.17) is 5.11 Å². The van der Waals surface area contributed by atoms with Gasteiger partial charge in [0.25, 0.3) is 0 Å². The second-order valence-electron chi connectivity index (χ2n) is 5.48. The van der Waals surface area contributed by atoms with E-state index in [2.05, 4.69) is 10.3 Å². The molecule has 2 N–H and O–H groups in total. The van der Waals surface area contributed by atoms with E-state index in [1.807, 2.05) is 0 Å². The third kappa shape index (κ3) is 1.00. The molecule has 5 heteroatoms. The fraction of sp³-hybridized carbons (Fsp3) is 0.462. The number of hydrogen-bond donors (Lipinski definition) is 2. The molecule has 3 unspecified atom stereocenters. The summed E-state index contributed by atoms with van der Waals surface area (Å²) in [5.41, 5.74) is 1.86. The molecular weight excluding hydrogens is 232 g/mol. The van der Waals surface area contributed by atoms with Gasteiger partial charge >= 0.3 is 5.97 Å². The Morgan fingerprint density at radius 1 is 1.56 bits per heavy atom. The third-order valence-electron chi connectivity index (χ3n) is 4.73. The van der Waals surface area contributed by atoms with Crippen molar-refractivity contribution in [2.45, 2.75) is 12.8 Å². The van der Waals surface area contributed by atoms with Gasteiger partial charge in [0.2, 0.25) is 5.78 Å². The molecule has 2 aliphatic heterocycles. The minimum atomic E-state index is -0.930. The second kappa shape index (κ2) is 2.91. The number of hydrogen-bond acceptors (Lipinski definition) is 4. The van der Waals surface area contributed by atoms with E-state index in [-0.39, 0.29) is 17.1 Å². The molecule has 4 rings (SSSR count). The van der Waals surface area contributed by atoms with Crippen LogP contribution in [0, 0.1) is 17.3 Å². The number of fused-ring (bicyclic) bond motifs is 1. The monoisotopic (exact) mass is 244 g/mol. The van der Waals surface area contributed by atoms with E-state index in [1.54, 1.807) is 6.08 Å². The third-order valence-corrected chi connectivity index (χ3v) is 4.73. The predicted octanol–water partition coefficient (Wildman–Crippen LogP) is 0.492. The van der Waals surface area contributed by atoms with Crippen molar-refractivity contribution >= 4 is 17.5 Å². The lowest BCUT2D eigenvalue weighted by molar-refractivity contribution is -0.133. The van der Waals surface area contributed by atoms with Crippen LogP contribution in [0.2, 0.25) is 0 Å². The van der Waals surface area contributed by atoms with Crippen LogP contribution in [-0.4, -0.2) is 29.1 Å². The van der Waals surface area contributed by atoms with Crippen molar-refractivity contribution in [3.05, 3.63) is 23.5 Å². The van der Waals surface area contributed by atoms with Crippen molar-refractivity contribution < 1.29 is 14.7 Å². The number of nitrogens with one attached hydrogen (secondary N) is 1. The van der Waals surface area contributed by atoms with E-state index in [9.17, 15) is 9.59 Å². The summed E-state index contributed by atoms with van der Waals surface area (Å²) in [4.78, 5) is 27.2. The first kappa shape index (κ1) is 10.1. The van der Waals surface area contributed by atoms with Crippen LogP contribution in [0.3, 0.4) is 0 Å². The van der Waals surface area contributed by atoms with Gasteiger partial charge in [0.1, 0.15) is 0 Å². The van der Waals surface area contributed by atoms with Crippen LogP contribution in [-0.2, 0) is 9.59 Å². The highest BCUT2D eigenvalue weighted by Crippen LogP contribution is 2.67. The molecule has 0 bridgehead atoms. The molecule has 2 heterocycles. The van der Waals surface area contributed by atoms with Crippen molar-refractivity contribution in [3.8, 4) is 0 Å². The van der Waals surface area contributed by atoms with E-state index in [0.29, 0.717) is 23.6 Å². The minimum Gasteiger partial charge on any atom is -0.478 e. The molecule has 18 heavy (non-hydrogen) atoms. The Balaban J connectivity index is 1.83. The van der Waals surface area contributed by atoms with E-state index in [0.717, 1.165) is 18.7 Å². The number of aliphatic carboxylic acids is 1. The number of aliphatic imine (C=N–C) groups is 1. The Morgan fingerprint density at radius 2 is 2.39 bits per heavy atom. The van der Waals surface area contributed by atoms with Gasteiger partial charge in [-0.1, -0.05) is 0 Å². The molecule has 4 aliphatic rings. The lowest BCUT2D eigenvalue weighted by atomic mass is 9.72. The number of ketones is 1.